The molecule has 0 aliphatic carbocycles. The molecule has 1 aliphatic rings. The van der Waals surface area contributed by atoms with Crippen molar-refractivity contribution in [1.29, 1.82) is 0 Å². The molecule has 1 heterocycles. The van der Waals surface area contributed by atoms with E-state index >= 15 is 0 Å². The topological polar surface area (TPSA) is 93.5 Å². The lowest BCUT2D eigenvalue weighted by molar-refractivity contribution is -0.384. The van der Waals surface area contributed by atoms with Crippen LogP contribution >= 0.6 is 0 Å². The number of rotatable bonds is 6. The van der Waals surface area contributed by atoms with Gasteiger partial charge < -0.3 is 15.4 Å². The first-order chi connectivity index (χ1) is 10.2. The smallest absolute Gasteiger partial charge is 0.292 e. The minimum absolute atomic E-state index is 0.0183. The zero-order chi connectivity index (χ0) is 15.1. The van der Waals surface area contributed by atoms with Gasteiger partial charge in [-0.25, -0.2) is 0 Å². The van der Waals surface area contributed by atoms with Gasteiger partial charge in [-0.1, -0.05) is 12.1 Å². The van der Waals surface area contributed by atoms with Crippen molar-refractivity contribution in [2.24, 2.45) is 5.92 Å². The fourth-order valence-corrected chi connectivity index (χ4v) is 2.27. The van der Waals surface area contributed by atoms with Gasteiger partial charge in [0.05, 0.1) is 4.92 Å². The maximum absolute atomic E-state index is 11.9. The van der Waals surface area contributed by atoms with E-state index in [4.69, 9.17) is 4.74 Å². The van der Waals surface area contributed by atoms with Gasteiger partial charge in [-0.05, 0) is 18.9 Å². The SMILES string of the molecule is O=C(NCCNc1ccccc1[N+](=O)[O-])C1CCOCC1. The third-order valence-electron chi connectivity index (χ3n) is 3.43. The highest BCUT2D eigenvalue weighted by Crippen LogP contribution is 2.22. The highest BCUT2D eigenvalue weighted by Gasteiger charge is 2.20. The van der Waals surface area contributed by atoms with Crippen LogP contribution in [0.2, 0.25) is 0 Å². The summed E-state index contributed by atoms with van der Waals surface area (Å²) in [6, 6.07) is 6.45. The highest BCUT2D eigenvalue weighted by molar-refractivity contribution is 5.78. The van der Waals surface area contributed by atoms with E-state index < -0.39 is 4.92 Å². The number of nitro benzene ring substituents is 1. The van der Waals surface area contributed by atoms with Gasteiger partial charge in [0.2, 0.25) is 5.91 Å². The number of carbonyl (C=O) groups is 1. The van der Waals surface area contributed by atoms with Gasteiger partial charge in [0.25, 0.3) is 5.69 Å². The van der Waals surface area contributed by atoms with Gasteiger partial charge in [-0.2, -0.15) is 0 Å². The largest absolute Gasteiger partial charge is 0.381 e. The molecular weight excluding hydrogens is 274 g/mol. The Morgan fingerprint density at radius 1 is 1.29 bits per heavy atom. The number of hydrogen-bond acceptors (Lipinski definition) is 5. The molecule has 0 saturated carbocycles. The molecule has 0 unspecified atom stereocenters. The van der Waals surface area contributed by atoms with Gasteiger partial charge in [0.1, 0.15) is 5.69 Å². The van der Waals surface area contributed by atoms with Crippen LogP contribution in [0.25, 0.3) is 0 Å². The second-order valence-corrected chi connectivity index (χ2v) is 4.88. The van der Waals surface area contributed by atoms with E-state index in [2.05, 4.69) is 10.6 Å². The van der Waals surface area contributed by atoms with Crippen molar-refractivity contribution in [2.45, 2.75) is 12.8 Å². The Hall–Kier alpha value is -2.15. The number of nitrogens with zero attached hydrogens (tertiary/aromatic N) is 1. The number of ether oxygens (including phenoxy) is 1. The molecule has 2 N–H and O–H groups in total. The van der Waals surface area contributed by atoms with E-state index in [0.717, 1.165) is 12.8 Å². The fraction of sp³-hybridized carbons (Fsp3) is 0.500. The van der Waals surface area contributed by atoms with E-state index in [9.17, 15) is 14.9 Å². The first-order valence-corrected chi connectivity index (χ1v) is 7.01. The van der Waals surface area contributed by atoms with Gasteiger partial charge in [-0.15, -0.1) is 0 Å². The normalized spacial score (nSPS) is 15.4. The molecular formula is C14H19N3O4. The van der Waals surface area contributed by atoms with E-state index in [0.29, 0.717) is 32.0 Å². The number of nitro groups is 1. The molecule has 1 aromatic carbocycles. The second-order valence-electron chi connectivity index (χ2n) is 4.88. The summed E-state index contributed by atoms with van der Waals surface area (Å²) >= 11 is 0. The maximum atomic E-state index is 11.9. The summed E-state index contributed by atoms with van der Waals surface area (Å²) in [6.45, 7) is 2.14. The molecule has 1 aromatic rings. The minimum Gasteiger partial charge on any atom is -0.381 e. The van der Waals surface area contributed by atoms with Crippen LogP contribution in [-0.2, 0) is 9.53 Å². The number of carbonyl (C=O) groups excluding carboxylic acids is 1. The quantitative estimate of drug-likeness (QED) is 0.471. The summed E-state index contributed by atoms with van der Waals surface area (Å²) in [5.41, 5.74) is 0.496. The molecule has 114 valence electrons. The number of anilines is 1. The van der Waals surface area contributed by atoms with Crippen LogP contribution in [0.1, 0.15) is 12.8 Å². The van der Waals surface area contributed by atoms with Crippen molar-refractivity contribution < 1.29 is 14.5 Å². The molecule has 7 heteroatoms. The van der Waals surface area contributed by atoms with E-state index in [1.54, 1.807) is 18.2 Å². The monoisotopic (exact) mass is 293 g/mol. The summed E-state index contributed by atoms with van der Waals surface area (Å²) in [4.78, 5) is 22.3. The molecule has 0 bridgehead atoms. The average molecular weight is 293 g/mol. The lowest BCUT2D eigenvalue weighted by atomic mass is 9.99. The third kappa shape index (κ3) is 4.42. The summed E-state index contributed by atoms with van der Waals surface area (Å²) in [7, 11) is 0. The molecule has 7 nitrogen and oxygen atoms in total. The third-order valence-corrected chi connectivity index (χ3v) is 3.43. The Balaban J connectivity index is 1.74. The van der Waals surface area contributed by atoms with Crippen molar-refractivity contribution in [2.75, 3.05) is 31.6 Å². The van der Waals surface area contributed by atoms with Crippen LogP contribution in [0.3, 0.4) is 0 Å². The van der Waals surface area contributed by atoms with Gasteiger partial charge >= 0.3 is 0 Å². The fourth-order valence-electron chi connectivity index (χ4n) is 2.27. The van der Waals surface area contributed by atoms with E-state index in [1.165, 1.54) is 6.07 Å². The number of nitrogens with one attached hydrogen (secondary N) is 2. The summed E-state index contributed by atoms with van der Waals surface area (Å²) in [5.74, 6) is 0.0486. The molecule has 2 rings (SSSR count). The van der Waals surface area contributed by atoms with Crippen LogP contribution in [0.15, 0.2) is 24.3 Å². The first kappa shape index (κ1) is 15.2. The van der Waals surface area contributed by atoms with Crippen molar-refractivity contribution in [3.63, 3.8) is 0 Å². The second kappa shape index (κ2) is 7.58. The summed E-state index contributed by atoms with van der Waals surface area (Å²) in [5, 5.41) is 16.7. The van der Waals surface area contributed by atoms with E-state index in [1.807, 2.05) is 0 Å². The molecule has 0 spiro atoms. The lowest BCUT2D eigenvalue weighted by Crippen LogP contribution is -2.36. The number of hydrogen-bond donors (Lipinski definition) is 2. The standard InChI is InChI=1S/C14H19N3O4/c18-14(11-5-9-21-10-6-11)16-8-7-15-12-3-1-2-4-13(12)17(19)20/h1-4,11,15H,5-10H2,(H,16,18). The van der Waals surface area contributed by atoms with Crippen molar-refractivity contribution in [3.8, 4) is 0 Å². The molecule has 1 saturated heterocycles. The van der Waals surface area contributed by atoms with Crippen LogP contribution in [-0.4, -0.2) is 37.1 Å². The van der Waals surface area contributed by atoms with Crippen molar-refractivity contribution >= 4 is 17.3 Å². The molecule has 1 aliphatic heterocycles. The molecule has 21 heavy (non-hydrogen) atoms. The zero-order valence-corrected chi connectivity index (χ0v) is 11.7. The number of benzene rings is 1. The maximum Gasteiger partial charge on any atom is 0.292 e. The van der Waals surface area contributed by atoms with Crippen LogP contribution in [0.5, 0.6) is 0 Å². The Labute approximate surface area is 122 Å². The zero-order valence-electron chi connectivity index (χ0n) is 11.7. The Morgan fingerprint density at radius 2 is 2.00 bits per heavy atom. The van der Waals surface area contributed by atoms with Crippen LogP contribution in [0.4, 0.5) is 11.4 Å². The molecule has 0 radical (unpaired) electrons. The van der Waals surface area contributed by atoms with Crippen molar-refractivity contribution in [1.82, 2.24) is 5.32 Å². The average Bonchev–Trinajstić information content (AvgIpc) is 2.52. The van der Waals surface area contributed by atoms with Crippen LogP contribution < -0.4 is 10.6 Å². The number of amides is 1. The van der Waals surface area contributed by atoms with Gasteiger partial charge in [0, 0.05) is 38.3 Å². The van der Waals surface area contributed by atoms with Crippen molar-refractivity contribution in [3.05, 3.63) is 34.4 Å². The molecule has 1 amide bonds. The molecule has 0 atom stereocenters. The minimum atomic E-state index is -0.428. The first-order valence-electron chi connectivity index (χ1n) is 7.01. The predicted molar refractivity (Wildman–Crippen MR) is 78.1 cm³/mol. The summed E-state index contributed by atoms with van der Waals surface area (Å²) < 4.78 is 5.21. The Kier molecular flexibility index (Phi) is 5.51. The van der Waals surface area contributed by atoms with Gasteiger partial charge in [-0.3, -0.25) is 14.9 Å². The molecule has 1 fully saturated rings. The van der Waals surface area contributed by atoms with Crippen LogP contribution in [0, 0.1) is 16.0 Å². The number of para-hydroxylation sites is 2. The summed E-state index contributed by atoms with van der Waals surface area (Å²) in [6.07, 6.45) is 1.51. The predicted octanol–water partition coefficient (Wildman–Crippen LogP) is 1.55. The molecule has 0 aromatic heterocycles. The van der Waals surface area contributed by atoms with Gasteiger partial charge in [0.15, 0.2) is 0 Å². The lowest BCUT2D eigenvalue weighted by Gasteiger charge is -2.21. The van der Waals surface area contributed by atoms with E-state index in [-0.39, 0.29) is 17.5 Å². The highest BCUT2D eigenvalue weighted by atomic mass is 16.6. The Morgan fingerprint density at radius 3 is 2.71 bits per heavy atom. The Bertz CT molecular complexity index is 501.